The lowest BCUT2D eigenvalue weighted by Gasteiger charge is -2.05. The predicted molar refractivity (Wildman–Crippen MR) is 100.0 cm³/mol. The van der Waals surface area contributed by atoms with Gasteiger partial charge in [0.2, 0.25) is 10.0 Å². The molecule has 0 saturated heterocycles. The normalized spacial score (nSPS) is 11.8. The Morgan fingerprint density at radius 3 is 2.35 bits per heavy atom. The van der Waals surface area contributed by atoms with E-state index in [4.69, 9.17) is 10.2 Å². The van der Waals surface area contributed by atoms with Crippen LogP contribution in [0.3, 0.4) is 0 Å². The summed E-state index contributed by atoms with van der Waals surface area (Å²) in [6.07, 6.45) is 3.67. The summed E-state index contributed by atoms with van der Waals surface area (Å²) in [5.74, 6) is 0. The molecule has 0 radical (unpaired) electrons. The highest BCUT2D eigenvalue weighted by Gasteiger charge is 2.17. The number of rotatable bonds is 3. The monoisotopic (exact) mass is 364 g/mol. The van der Waals surface area contributed by atoms with Crippen LogP contribution in [-0.2, 0) is 10.0 Å². The van der Waals surface area contributed by atoms with E-state index in [-0.39, 0.29) is 4.90 Å². The topological polar surface area (TPSA) is 90.4 Å². The molecule has 3 aromatic heterocycles. The number of pyridine rings is 2. The van der Waals surface area contributed by atoms with Crippen LogP contribution in [0, 0.1) is 6.92 Å². The Hall–Kier alpha value is -3.03. The number of aryl methyl sites for hydroxylation is 1. The van der Waals surface area contributed by atoms with E-state index in [0.717, 1.165) is 33.6 Å². The third-order valence-corrected chi connectivity index (χ3v) is 5.13. The SMILES string of the molecule is Cc1ccc(-c2nn3ccccc3c2-c2ccc(S(N)(=O)=O)cc2)cn1. The number of hydrogen-bond acceptors (Lipinski definition) is 4. The summed E-state index contributed by atoms with van der Waals surface area (Å²) in [4.78, 5) is 4.44. The van der Waals surface area contributed by atoms with Crippen LogP contribution in [0.15, 0.2) is 71.9 Å². The maximum absolute atomic E-state index is 11.5. The van der Waals surface area contributed by atoms with E-state index in [2.05, 4.69) is 4.98 Å². The van der Waals surface area contributed by atoms with Gasteiger partial charge in [0, 0.05) is 29.2 Å². The largest absolute Gasteiger partial charge is 0.261 e. The second-order valence-electron chi connectivity index (χ2n) is 6.01. The van der Waals surface area contributed by atoms with Gasteiger partial charge in [-0.1, -0.05) is 18.2 Å². The van der Waals surface area contributed by atoms with E-state index < -0.39 is 10.0 Å². The van der Waals surface area contributed by atoms with Crippen molar-refractivity contribution < 1.29 is 8.42 Å². The van der Waals surface area contributed by atoms with Gasteiger partial charge in [-0.25, -0.2) is 18.1 Å². The van der Waals surface area contributed by atoms with E-state index >= 15 is 0 Å². The lowest BCUT2D eigenvalue weighted by Crippen LogP contribution is -2.11. The van der Waals surface area contributed by atoms with Crippen LogP contribution in [0.5, 0.6) is 0 Å². The number of hydrogen-bond donors (Lipinski definition) is 1. The number of benzene rings is 1. The highest BCUT2D eigenvalue weighted by molar-refractivity contribution is 7.89. The summed E-state index contributed by atoms with van der Waals surface area (Å²) in [6.45, 7) is 1.93. The third-order valence-electron chi connectivity index (χ3n) is 4.20. The van der Waals surface area contributed by atoms with Crippen molar-refractivity contribution in [2.24, 2.45) is 5.14 Å². The molecule has 0 aliphatic heterocycles. The number of primary sulfonamides is 1. The van der Waals surface area contributed by atoms with E-state index in [1.807, 2.05) is 43.5 Å². The molecular weight excluding hydrogens is 348 g/mol. The minimum absolute atomic E-state index is 0.0799. The molecule has 3 heterocycles. The number of nitrogens with two attached hydrogens (primary N) is 1. The van der Waals surface area contributed by atoms with Crippen LogP contribution >= 0.6 is 0 Å². The van der Waals surface area contributed by atoms with Crippen molar-refractivity contribution in [3.8, 4) is 22.4 Å². The molecule has 0 saturated carbocycles. The first-order chi connectivity index (χ1) is 12.4. The van der Waals surface area contributed by atoms with Gasteiger partial charge in [0.25, 0.3) is 0 Å². The van der Waals surface area contributed by atoms with Crippen molar-refractivity contribution in [2.45, 2.75) is 11.8 Å². The number of sulfonamides is 1. The molecule has 0 aliphatic carbocycles. The molecule has 0 spiro atoms. The standard InChI is InChI=1S/C19H16N4O2S/c1-13-5-6-15(12-21-13)19-18(17-4-2-3-11-23(17)22-19)14-7-9-16(10-8-14)26(20,24)25/h2-12H,1H3,(H2,20,24,25). The van der Waals surface area contributed by atoms with Crippen LogP contribution in [-0.4, -0.2) is 23.0 Å². The summed E-state index contributed by atoms with van der Waals surface area (Å²) in [5.41, 5.74) is 5.30. The molecule has 7 heteroatoms. The summed E-state index contributed by atoms with van der Waals surface area (Å²) >= 11 is 0. The van der Waals surface area contributed by atoms with Gasteiger partial charge in [0.15, 0.2) is 0 Å². The van der Waals surface area contributed by atoms with E-state index in [1.54, 1.807) is 22.8 Å². The van der Waals surface area contributed by atoms with Crippen LogP contribution < -0.4 is 5.14 Å². The summed E-state index contributed by atoms with van der Waals surface area (Å²) in [6, 6.07) is 16.2. The fraction of sp³-hybridized carbons (Fsp3) is 0.0526. The summed E-state index contributed by atoms with van der Waals surface area (Å²) in [7, 11) is -3.73. The minimum atomic E-state index is -3.73. The zero-order valence-corrected chi connectivity index (χ0v) is 14.8. The molecule has 1 aromatic carbocycles. The molecule has 4 rings (SSSR count). The van der Waals surface area contributed by atoms with Gasteiger partial charge in [-0.15, -0.1) is 0 Å². The highest BCUT2D eigenvalue weighted by Crippen LogP contribution is 2.35. The van der Waals surface area contributed by atoms with Crippen LogP contribution in [0.1, 0.15) is 5.69 Å². The first-order valence-electron chi connectivity index (χ1n) is 7.97. The molecule has 26 heavy (non-hydrogen) atoms. The van der Waals surface area contributed by atoms with Gasteiger partial charge < -0.3 is 0 Å². The average molecular weight is 364 g/mol. The Kier molecular flexibility index (Phi) is 3.82. The molecule has 0 amide bonds. The molecule has 2 N–H and O–H groups in total. The minimum Gasteiger partial charge on any atom is -0.261 e. The highest BCUT2D eigenvalue weighted by atomic mass is 32.2. The first kappa shape index (κ1) is 16.4. The second-order valence-corrected chi connectivity index (χ2v) is 7.57. The smallest absolute Gasteiger partial charge is 0.238 e. The fourth-order valence-corrected chi connectivity index (χ4v) is 3.42. The lowest BCUT2D eigenvalue weighted by atomic mass is 10.0. The molecular formula is C19H16N4O2S. The molecule has 0 unspecified atom stereocenters. The molecule has 4 aromatic rings. The molecule has 6 nitrogen and oxygen atoms in total. The van der Waals surface area contributed by atoms with Crippen molar-refractivity contribution in [2.75, 3.05) is 0 Å². The van der Waals surface area contributed by atoms with Crippen molar-refractivity contribution in [1.82, 2.24) is 14.6 Å². The number of aromatic nitrogens is 3. The summed E-state index contributed by atoms with van der Waals surface area (Å²) < 4.78 is 24.8. The molecule has 130 valence electrons. The van der Waals surface area contributed by atoms with Crippen molar-refractivity contribution in [3.63, 3.8) is 0 Å². The predicted octanol–water partition coefficient (Wildman–Crippen LogP) is 3.02. The van der Waals surface area contributed by atoms with Gasteiger partial charge in [-0.3, -0.25) is 4.98 Å². The number of nitrogens with zero attached hydrogens (tertiary/aromatic N) is 3. The molecule has 0 aliphatic rings. The van der Waals surface area contributed by atoms with Crippen molar-refractivity contribution >= 4 is 15.5 Å². The molecule has 0 fully saturated rings. The Labute approximate surface area is 151 Å². The lowest BCUT2D eigenvalue weighted by molar-refractivity contribution is 0.598. The Bertz CT molecular complexity index is 1190. The zero-order chi connectivity index (χ0) is 18.3. The maximum atomic E-state index is 11.5. The van der Waals surface area contributed by atoms with E-state index in [9.17, 15) is 8.42 Å². The first-order valence-corrected chi connectivity index (χ1v) is 9.52. The fourth-order valence-electron chi connectivity index (χ4n) is 2.90. The summed E-state index contributed by atoms with van der Waals surface area (Å²) in [5, 5.41) is 9.89. The van der Waals surface area contributed by atoms with Crippen LogP contribution in [0.2, 0.25) is 0 Å². The zero-order valence-electron chi connectivity index (χ0n) is 14.0. The number of fused-ring (bicyclic) bond motifs is 1. The van der Waals surface area contributed by atoms with Crippen molar-refractivity contribution in [3.05, 3.63) is 72.7 Å². The van der Waals surface area contributed by atoms with Gasteiger partial charge in [0.1, 0.15) is 5.69 Å². The van der Waals surface area contributed by atoms with Crippen LogP contribution in [0.25, 0.3) is 27.9 Å². The van der Waals surface area contributed by atoms with Gasteiger partial charge in [-0.2, -0.15) is 5.10 Å². The Morgan fingerprint density at radius 1 is 0.962 bits per heavy atom. The van der Waals surface area contributed by atoms with E-state index in [1.165, 1.54) is 12.1 Å². The van der Waals surface area contributed by atoms with Gasteiger partial charge in [-0.05, 0) is 48.9 Å². The van der Waals surface area contributed by atoms with Crippen LogP contribution in [0.4, 0.5) is 0 Å². The van der Waals surface area contributed by atoms with Crippen molar-refractivity contribution in [1.29, 1.82) is 0 Å². The Balaban J connectivity index is 1.96. The molecule has 0 bridgehead atoms. The maximum Gasteiger partial charge on any atom is 0.238 e. The van der Waals surface area contributed by atoms with Gasteiger partial charge in [0.05, 0.1) is 10.4 Å². The Morgan fingerprint density at radius 2 is 1.69 bits per heavy atom. The second kappa shape index (κ2) is 6.05. The molecule has 0 atom stereocenters. The quantitative estimate of drug-likeness (QED) is 0.605. The van der Waals surface area contributed by atoms with E-state index in [0.29, 0.717) is 0 Å². The third kappa shape index (κ3) is 2.87. The van der Waals surface area contributed by atoms with Gasteiger partial charge >= 0.3 is 0 Å². The average Bonchev–Trinajstić information content (AvgIpc) is 3.01.